The predicted octanol–water partition coefficient (Wildman–Crippen LogP) is 1.33. The fraction of sp³-hybridized carbons (Fsp3) is 0.375. The smallest absolute Gasteiger partial charge is 0.222 e. The minimum atomic E-state index is -0.235. The van der Waals surface area contributed by atoms with Gasteiger partial charge in [0.05, 0.1) is 25.3 Å². The first-order valence-corrected chi connectivity index (χ1v) is 7.26. The number of nitrogens with two attached hydrogens (primary N) is 1. The molecular weight excluding hydrogens is 316 g/mol. The number of halogens is 1. The second kappa shape index (κ2) is 9.99. The van der Waals surface area contributed by atoms with Crippen LogP contribution in [-0.2, 0) is 22.6 Å². The largest absolute Gasteiger partial charge is 0.380 e. The second-order valence-electron chi connectivity index (χ2n) is 5.11. The van der Waals surface area contributed by atoms with Gasteiger partial charge in [-0.3, -0.25) is 9.48 Å². The number of benzene rings is 1. The van der Waals surface area contributed by atoms with Gasteiger partial charge in [0, 0.05) is 32.0 Å². The summed E-state index contributed by atoms with van der Waals surface area (Å²) in [5, 5.41) is 7.15. The molecule has 0 radical (unpaired) electrons. The van der Waals surface area contributed by atoms with Crippen LogP contribution >= 0.6 is 12.4 Å². The van der Waals surface area contributed by atoms with E-state index < -0.39 is 0 Å². The highest BCUT2D eigenvalue weighted by molar-refractivity contribution is 5.85. The summed E-state index contributed by atoms with van der Waals surface area (Å²) in [6, 6.07) is 10.1. The van der Waals surface area contributed by atoms with Gasteiger partial charge in [-0.15, -0.1) is 12.4 Å². The fourth-order valence-electron chi connectivity index (χ4n) is 2.10. The van der Waals surface area contributed by atoms with Crippen LogP contribution in [0.2, 0.25) is 0 Å². The number of methoxy groups -OCH3 is 1. The first-order valence-electron chi connectivity index (χ1n) is 7.26. The van der Waals surface area contributed by atoms with Crippen molar-refractivity contribution in [1.29, 1.82) is 0 Å². The van der Waals surface area contributed by atoms with E-state index in [2.05, 4.69) is 22.5 Å². The van der Waals surface area contributed by atoms with Crippen LogP contribution in [0, 0.1) is 0 Å². The van der Waals surface area contributed by atoms with Crippen LogP contribution in [-0.4, -0.2) is 35.4 Å². The Morgan fingerprint density at radius 3 is 2.74 bits per heavy atom. The molecule has 23 heavy (non-hydrogen) atoms. The molecule has 0 saturated carbocycles. The van der Waals surface area contributed by atoms with Gasteiger partial charge in [0.15, 0.2) is 0 Å². The topological polar surface area (TPSA) is 82.2 Å². The number of nitrogens with one attached hydrogen (secondary N) is 1. The molecule has 0 aliphatic carbocycles. The van der Waals surface area contributed by atoms with Gasteiger partial charge < -0.3 is 15.8 Å². The van der Waals surface area contributed by atoms with Crippen LogP contribution < -0.4 is 11.1 Å². The molecule has 0 saturated heterocycles. The summed E-state index contributed by atoms with van der Waals surface area (Å²) in [6.07, 6.45) is 3.73. The molecule has 1 aromatic carbocycles. The second-order valence-corrected chi connectivity index (χ2v) is 5.11. The molecule has 2 rings (SSSR count). The van der Waals surface area contributed by atoms with E-state index in [9.17, 15) is 4.79 Å². The Labute approximate surface area is 142 Å². The summed E-state index contributed by atoms with van der Waals surface area (Å²) in [5.74, 6) is -0.0758. The Bertz CT molecular complexity index is 585. The van der Waals surface area contributed by atoms with Crippen molar-refractivity contribution in [3.05, 3.63) is 53.9 Å². The van der Waals surface area contributed by atoms with Crippen LogP contribution in [0.15, 0.2) is 42.7 Å². The van der Waals surface area contributed by atoms with Crippen molar-refractivity contribution in [2.75, 3.05) is 13.7 Å². The van der Waals surface area contributed by atoms with Gasteiger partial charge in [-0.05, 0) is 5.56 Å². The minimum Gasteiger partial charge on any atom is -0.380 e. The SMILES string of the molecule is COC(CN)CC(=O)NCc1cnn(Cc2ccccc2)c1.Cl. The molecule has 0 fully saturated rings. The normalized spacial score (nSPS) is 11.6. The number of carbonyl (C=O) groups excluding carboxylic acids is 1. The van der Waals surface area contributed by atoms with E-state index in [1.54, 1.807) is 13.3 Å². The van der Waals surface area contributed by atoms with Gasteiger partial charge in [0.25, 0.3) is 0 Å². The van der Waals surface area contributed by atoms with Crippen molar-refractivity contribution in [1.82, 2.24) is 15.1 Å². The first-order chi connectivity index (χ1) is 10.7. The molecule has 7 heteroatoms. The number of aromatic nitrogens is 2. The molecule has 1 heterocycles. The summed E-state index contributed by atoms with van der Waals surface area (Å²) in [4.78, 5) is 11.8. The Balaban J connectivity index is 0.00000264. The number of hydrogen-bond donors (Lipinski definition) is 2. The third-order valence-electron chi connectivity index (χ3n) is 3.37. The molecule has 0 spiro atoms. The van der Waals surface area contributed by atoms with Crippen LogP contribution in [0.1, 0.15) is 17.5 Å². The van der Waals surface area contributed by atoms with Crippen molar-refractivity contribution < 1.29 is 9.53 Å². The maximum Gasteiger partial charge on any atom is 0.222 e. The van der Waals surface area contributed by atoms with Gasteiger partial charge in [0.2, 0.25) is 5.91 Å². The van der Waals surface area contributed by atoms with Crippen molar-refractivity contribution in [2.45, 2.75) is 25.6 Å². The zero-order valence-electron chi connectivity index (χ0n) is 13.1. The van der Waals surface area contributed by atoms with Gasteiger partial charge in [-0.2, -0.15) is 5.10 Å². The Kier molecular flexibility index (Phi) is 8.32. The lowest BCUT2D eigenvalue weighted by atomic mass is 10.2. The molecule has 0 aliphatic heterocycles. The van der Waals surface area contributed by atoms with E-state index in [0.29, 0.717) is 19.6 Å². The summed E-state index contributed by atoms with van der Waals surface area (Å²) >= 11 is 0. The van der Waals surface area contributed by atoms with Crippen LogP contribution in [0.25, 0.3) is 0 Å². The van der Waals surface area contributed by atoms with Crippen LogP contribution in [0.5, 0.6) is 0 Å². The van der Waals surface area contributed by atoms with Crippen molar-refractivity contribution in [3.8, 4) is 0 Å². The molecule has 0 bridgehead atoms. The summed E-state index contributed by atoms with van der Waals surface area (Å²) in [7, 11) is 1.55. The number of amides is 1. The maximum absolute atomic E-state index is 11.8. The van der Waals surface area contributed by atoms with E-state index >= 15 is 0 Å². The van der Waals surface area contributed by atoms with Gasteiger partial charge in [-0.1, -0.05) is 30.3 Å². The van der Waals surface area contributed by atoms with E-state index in [-0.39, 0.29) is 30.8 Å². The molecule has 6 nitrogen and oxygen atoms in total. The number of nitrogens with zero attached hydrogens (tertiary/aromatic N) is 2. The Hall–Kier alpha value is -1.89. The van der Waals surface area contributed by atoms with Crippen LogP contribution in [0.4, 0.5) is 0 Å². The van der Waals surface area contributed by atoms with E-state index in [4.69, 9.17) is 10.5 Å². The lowest BCUT2D eigenvalue weighted by Gasteiger charge is -2.12. The third-order valence-corrected chi connectivity index (χ3v) is 3.37. The van der Waals surface area contributed by atoms with Crippen molar-refractivity contribution >= 4 is 18.3 Å². The zero-order chi connectivity index (χ0) is 15.8. The standard InChI is InChI=1S/C16H22N4O2.ClH/c1-22-15(8-17)7-16(21)18-9-14-10-19-20(12-14)11-13-5-3-2-4-6-13;/h2-6,10,12,15H,7-9,11,17H2,1H3,(H,18,21);1H. The molecular formula is C16H23ClN4O2. The summed E-state index contributed by atoms with van der Waals surface area (Å²) < 4.78 is 6.95. The molecule has 2 aromatic rings. The van der Waals surface area contributed by atoms with Crippen molar-refractivity contribution in [2.24, 2.45) is 5.73 Å². The lowest BCUT2D eigenvalue weighted by Crippen LogP contribution is -2.31. The minimum absolute atomic E-state index is 0. The summed E-state index contributed by atoms with van der Waals surface area (Å²) in [5.41, 5.74) is 7.65. The quantitative estimate of drug-likeness (QED) is 0.761. The first kappa shape index (κ1) is 19.2. The molecule has 1 unspecified atom stereocenters. The highest BCUT2D eigenvalue weighted by Gasteiger charge is 2.11. The lowest BCUT2D eigenvalue weighted by molar-refractivity contribution is -0.123. The highest BCUT2D eigenvalue weighted by atomic mass is 35.5. The molecule has 1 atom stereocenters. The number of hydrogen-bond acceptors (Lipinski definition) is 4. The fourth-order valence-corrected chi connectivity index (χ4v) is 2.10. The maximum atomic E-state index is 11.8. The summed E-state index contributed by atoms with van der Waals surface area (Å²) in [6.45, 7) is 1.50. The molecule has 126 valence electrons. The average molecular weight is 339 g/mol. The van der Waals surface area contributed by atoms with E-state index in [1.165, 1.54) is 5.56 Å². The van der Waals surface area contributed by atoms with Crippen molar-refractivity contribution in [3.63, 3.8) is 0 Å². The Morgan fingerprint density at radius 2 is 2.09 bits per heavy atom. The number of ether oxygens (including phenoxy) is 1. The van der Waals surface area contributed by atoms with E-state index in [1.807, 2.05) is 29.1 Å². The van der Waals surface area contributed by atoms with Gasteiger partial charge in [0.1, 0.15) is 0 Å². The molecule has 3 N–H and O–H groups in total. The third kappa shape index (κ3) is 6.40. The van der Waals surface area contributed by atoms with Gasteiger partial charge >= 0.3 is 0 Å². The van der Waals surface area contributed by atoms with Crippen LogP contribution in [0.3, 0.4) is 0 Å². The molecule has 1 aromatic heterocycles. The van der Waals surface area contributed by atoms with E-state index in [0.717, 1.165) is 5.56 Å². The molecule has 1 amide bonds. The monoisotopic (exact) mass is 338 g/mol. The molecule has 0 aliphatic rings. The highest BCUT2D eigenvalue weighted by Crippen LogP contribution is 2.04. The van der Waals surface area contributed by atoms with Gasteiger partial charge in [-0.25, -0.2) is 0 Å². The zero-order valence-corrected chi connectivity index (χ0v) is 14.0. The average Bonchev–Trinajstić information content (AvgIpc) is 2.99. The number of carbonyl (C=O) groups is 1. The number of rotatable bonds is 8. The predicted molar refractivity (Wildman–Crippen MR) is 91.3 cm³/mol. The Morgan fingerprint density at radius 1 is 1.35 bits per heavy atom.